The van der Waals surface area contributed by atoms with Gasteiger partial charge in [0, 0.05) is 38.5 Å². The zero-order valence-electron chi connectivity index (χ0n) is 18.7. The fourth-order valence-corrected chi connectivity index (χ4v) is 3.70. The van der Waals surface area contributed by atoms with Gasteiger partial charge >= 0.3 is 0 Å². The molecule has 0 unspecified atom stereocenters. The lowest BCUT2D eigenvalue weighted by molar-refractivity contribution is 0.477. The molecule has 1 aromatic carbocycles. The van der Waals surface area contributed by atoms with Crippen LogP contribution in [0.15, 0.2) is 40.5 Å². The summed E-state index contributed by atoms with van der Waals surface area (Å²) < 4.78 is 2.25. The molecule has 2 N–H and O–H groups in total. The highest BCUT2D eigenvalue weighted by atomic mass is 32.2. The van der Waals surface area contributed by atoms with Gasteiger partial charge in [-0.3, -0.25) is 4.99 Å². The number of aryl methyl sites for hydroxylation is 1. The number of hydrogen-bond donors (Lipinski definition) is 2. The number of nitrogens with one attached hydrogen (secondary N) is 2. The number of aromatic nitrogens is 3. The molecule has 0 fully saturated rings. The summed E-state index contributed by atoms with van der Waals surface area (Å²) in [5.41, 5.74) is 1.34. The molecule has 0 spiro atoms. The molecular weight excluding hydrogens is 380 g/mol. The second-order valence-corrected chi connectivity index (χ2v) is 9.09. The van der Waals surface area contributed by atoms with E-state index < -0.39 is 0 Å². The Morgan fingerprint density at radius 1 is 1.17 bits per heavy atom. The van der Waals surface area contributed by atoms with E-state index in [9.17, 15) is 0 Å². The maximum Gasteiger partial charge on any atom is 0.191 e. The Morgan fingerprint density at radius 3 is 2.52 bits per heavy atom. The molecule has 0 atom stereocenters. The zero-order chi connectivity index (χ0) is 21.3. The number of nitrogens with zero attached hydrogens (tertiary/aromatic N) is 4. The van der Waals surface area contributed by atoms with Crippen LogP contribution in [-0.2, 0) is 18.4 Å². The van der Waals surface area contributed by atoms with Crippen LogP contribution in [0.1, 0.15) is 45.5 Å². The Hall–Kier alpha value is -2.02. The molecule has 6 nitrogen and oxygen atoms in total. The number of aliphatic imine (C=N–C) groups is 1. The Balaban J connectivity index is 1.81. The van der Waals surface area contributed by atoms with Gasteiger partial charge in [-0.2, -0.15) is 0 Å². The van der Waals surface area contributed by atoms with E-state index in [2.05, 4.69) is 94.7 Å². The van der Waals surface area contributed by atoms with Crippen molar-refractivity contribution in [2.75, 3.05) is 26.4 Å². The SMILES string of the molecule is CN=C(NCCCc1nnc(SC)n1CC(C)C)NCC(C)(C)c1ccccc1. The smallest absolute Gasteiger partial charge is 0.191 e. The second-order valence-electron chi connectivity index (χ2n) is 8.31. The third kappa shape index (κ3) is 7.07. The van der Waals surface area contributed by atoms with E-state index >= 15 is 0 Å². The molecule has 1 aromatic heterocycles. The third-order valence-electron chi connectivity index (χ3n) is 4.87. The van der Waals surface area contributed by atoms with Crippen LogP contribution in [0.2, 0.25) is 0 Å². The van der Waals surface area contributed by atoms with Gasteiger partial charge in [-0.25, -0.2) is 0 Å². The van der Waals surface area contributed by atoms with Crippen molar-refractivity contribution in [3.8, 4) is 0 Å². The average Bonchev–Trinajstić information content (AvgIpc) is 3.09. The van der Waals surface area contributed by atoms with Gasteiger partial charge in [0.2, 0.25) is 0 Å². The van der Waals surface area contributed by atoms with Gasteiger partial charge in [0.1, 0.15) is 5.82 Å². The van der Waals surface area contributed by atoms with Gasteiger partial charge in [0.05, 0.1) is 0 Å². The van der Waals surface area contributed by atoms with Gasteiger partial charge in [-0.05, 0) is 24.2 Å². The predicted octanol–water partition coefficient (Wildman–Crippen LogP) is 3.73. The first-order valence-corrected chi connectivity index (χ1v) is 11.6. The Morgan fingerprint density at radius 2 is 1.90 bits per heavy atom. The predicted molar refractivity (Wildman–Crippen MR) is 124 cm³/mol. The van der Waals surface area contributed by atoms with Crippen molar-refractivity contribution >= 4 is 17.7 Å². The summed E-state index contributed by atoms with van der Waals surface area (Å²) in [5, 5.41) is 16.6. The van der Waals surface area contributed by atoms with Gasteiger partial charge in [0.25, 0.3) is 0 Å². The van der Waals surface area contributed by atoms with E-state index in [1.807, 2.05) is 7.05 Å². The summed E-state index contributed by atoms with van der Waals surface area (Å²) in [7, 11) is 1.81. The molecule has 2 aromatic rings. The molecule has 0 radical (unpaired) electrons. The molecule has 0 saturated heterocycles. The van der Waals surface area contributed by atoms with E-state index in [0.29, 0.717) is 5.92 Å². The van der Waals surface area contributed by atoms with Crippen LogP contribution in [-0.4, -0.2) is 47.1 Å². The average molecular weight is 417 g/mol. The Labute approximate surface area is 180 Å². The van der Waals surface area contributed by atoms with E-state index in [1.165, 1.54) is 5.56 Å². The summed E-state index contributed by atoms with van der Waals surface area (Å²) in [4.78, 5) is 4.36. The van der Waals surface area contributed by atoms with Crippen LogP contribution in [0.25, 0.3) is 0 Å². The van der Waals surface area contributed by atoms with Crippen LogP contribution >= 0.6 is 11.8 Å². The number of hydrogen-bond acceptors (Lipinski definition) is 4. The van der Waals surface area contributed by atoms with Crippen LogP contribution in [0.4, 0.5) is 0 Å². The first-order valence-electron chi connectivity index (χ1n) is 10.3. The minimum atomic E-state index is 0.0281. The molecule has 2 rings (SSSR count). The topological polar surface area (TPSA) is 67.1 Å². The maximum atomic E-state index is 4.40. The van der Waals surface area contributed by atoms with Gasteiger partial charge < -0.3 is 15.2 Å². The fourth-order valence-electron chi connectivity index (χ4n) is 3.17. The number of guanidine groups is 1. The van der Waals surface area contributed by atoms with Gasteiger partial charge in [-0.1, -0.05) is 69.8 Å². The molecule has 0 aliphatic carbocycles. The lowest BCUT2D eigenvalue weighted by atomic mass is 9.85. The van der Waals surface area contributed by atoms with Crippen LogP contribution in [0.5, 0.6) is 0 Å². The highest BCUT2D eigenvalue weighted by molar-refractivity contribution is 7.98. The lowest BCUT2D eigenvalue weighted by Crippen LogP contribution is -2.43. The van der Waals surface area contributed by atoms with E-state index in [1.54, 1.807) is 11.8 Å². The van der Waals surface area contributed by atoms with Crippen LogP contribution in [0.3, 0.4) is 0 Å². The highest BCUT2D eigenvalue weighted by Crippen LogP contribution is 2.21. The molecule has 160 valence electrons. The third-order valence-corrected chi connectivity index (χ3v) is 5.54. The summed E-state index contributed by atoms with van der Waals surface area (Å²) in [6.45, 7) is 11.6. The normalized spacial score (nSPS) is 12.4. The van der Waals surface area contributed by atoms with Crippen molar-refractivity contribution in [2.45, 2.75) is 57.7 Å². The number of benzene rings is 1. The van der Waals surface area contributed by atoms with Crippen molar-refractivity contribution in [1.29, 1.82) is 0 Å². The Kier molecular flexibility index (Phi) is 9.01. The minimum Gasteiger partial charge on any atom is -0.356 e. The van der Waals surface area contributed by atoms with Crippen LogP contribution in [0, 0.1) is 5.92 Å². The molecule has 29 heavy (non-hydrogen) atoms. The van der Waals surface area contributed by atoms with Crippen molar-refractivity contribution in [3.05, 3.63) is 41.7 Å². The van der Waals surface area contributed by atoms with Gasteiger partial charge in [0.15, 0.2) is 11.1 Å². The van der Waals surface area contributed by atoms with E-state index in [4.69, 9.17) is 0 Å². The molecule has 1 heterocycles. The monoisotopic (exact) mass is 416 g/mol. The maximum absolute atomic E-state index is 4.40. The first-order chi connectivity index (χ1) is 13.9. The molecular formula is C22H36N6S. The standard InChI is InChI=1S/C22H36N6S/c1-17(2)15-28-19(26-27-21(28)29-6)13-10-14-24-20(23-5)25-16-22(3,4)18-11-8-7-9-12-18/h7-9,11-12,17H,10,13-16H2,1-6H3,(H2,23,24,25). The molecule has 0 aliphatic rings. The van der Waals surface area contributed by atoms with Crippen molar-refractivity contribution in [2.24, 2.45) is 10.9 Å². The molecule has 0 saturated carbocycles. The largest absolute Gasteiger partial charge is 0.356 e. The fraction of sp³-hybridized carbons (Fsp3) is 0.591. The van der Waals surface area contributed by atoms with Crippen molar-refractivity contribution in [1.82, 2.24) is 25.4 Å². The molecule has 0 amide bonds. The Bertz CT molecular complexity index is 767. The zero-order valence-corrected chi connectivity index (χ0v) is 19.5. The molecule has 7 heteroatoms. The molecule has 0 bridgehead atoms. The molecule has 0 aliphatic heterocycles. The number of rotatable bonds is 10. The van der Waals surface area contributed by atoms with Crippen molar-refractivity contribution < 1.29 is 0 Å². The highest BCUT2D eigenvalue weighted by Gasteiger charge is 2.20. The van der Waals surface area contributed by atoms with E-state index in [-0.39, 0.29) is 5.41 Å². The lowest BCUT2D eigenvalue weighted by Gasteiger charge is -2.26. The first kappa shape index (κ1) is 23.3. The quantitative estimate of drug-likeness (QED) is 0.267. The van der Waals surface area contributed by atoms with Gasteiger partial charge in [-0.15, -0.1) is 10.2 Å². The number of thioether (sulfide) groups is 1. The summed E-state index contributed by atoms with van der Waals surface area (Å²) in [6, 6.07) is 10.6. The summed E-state index contributed by atoms with van der Waals surface area (Å²) in [5.74, 6) is 2.48. The minimum absolute atomic E-state index is 0.0281. The summed E-state index contributed by atoms with van der Waals surface area (Å²) >= 11 is 1.66. The second kappa shape index (κ2) is 11.2. The van der Waals surface area contributed by atoms with Crippen molar-refractivity contribution in [3.63, 3.8) is 0 Å². The van der Waals surface area contributed by atoms with Crippen LogP contribution < -0.4 is 10.6 Å². The summed E-state index contributed by atoms with van der Waals surface area (Å²) in [6.07, 6.45) is 3.94. The van der Waals surface area contributed by atoms with E-state index in [0.717, 1.165) is 49.4 Å².